The van der Waals surface area contributed by atoms with E-state index in [1.54, 1.807) is 38.1 Å². The van der Waals surface area contributed by atoms with Crippen LogP contribution < -0.4 is 0 Å². The van der Waals surface area contributed by atoms with Gasteiger partial charge in [0.1, 0.15) is 16.4 Å². The molecule has 1 heterocycles. The lowest BCUT2D eigenvalue weighted by Crippen LogP contribution is -2.33. The molecule has 37 heavy (non-hydrogen) atoms. The summed E-state index contributed by atoms with van der Waals surface area (Å²) in [5, 5.41) is 21.3. The van der Waals surface area contributed by atoms with Crippen molar-refractivity contribution in [1.29, 1.82) is 0 Å². The molecular formula is C27H26Br4O5S. The molecule has 0 radical (unpaired) electrons. The zero-order valence-corrected chi connectivity index (χ0v) is 28.2. The molecule has 10 heteroatoms. The van der Waals surface area contributed by atoms with Crippen LogP contribution in [0.1, 0.15) is 78.5 Å². The number of hydrogen-bond acceptors (Lipinski definition) is 5. The summed E-state index contributed by atoms with van der Waals surface area (Å²) in [5.41, 5.74) is 2.66. The van der Waals surface area contributed by atoms with Gasteiger partial charge >= 0.3 is 0 Å². The van der Waals surface area contributed by atoms with E-state index in [0.717, 1.165) is 11.1 Å². The molecular weight excluding hydrogens is 756 g/mol. The minimum absolute atomic E-state index is 0.00955. The fourth-order valence-corrected chi connectivity index (χ4v) is 9.65. The number of benzene rings is 3. The lowest BCUT2D eigenvalue weighted by molar-refractivity contribution is 0.176. The predicted octanol–water partition coefficient (Wildman–Crippen LogP) is 9.02. The molecule has 4 rings (SSSR count). The van der Waals surface area contributed by atoms with Gasteiger partial charge < -0.3 is 10.2 Å². The quantitative estimate of drug-likeness (QED) is 0.157. The summed E-state index contributed by atoms with van der Waals surface area (Å²) < 4.78 is 36.1. The van der Waals surface area contributed by atoms with E-state index in [9.17, 15) is 18.6 Å². The number of aromatic hydroxyl groups is 2. The second kappa shape index (κ2) is 9.93. The van der Waals surface area contributed by atoms with E-state index in [-0.39, 0.29) is 28.2 Å². The van der Waals surface area contributed by atoms with E-state index in [4.69, 9.17) is 4.18 Å². The third kappa shape index (κ3) is 4.43. The highest BCUT2D eigenvalue weighted by Gasteiger charge is 2.56. The average molecular weight is 782 g/mol. The van der Waals surface area contributed by atoms with Gasteiger partial charge in [-0.1, -0.05) is 27.7 Å². The lowest BCUT2D eigenvalue weighted by atomic mass is 9.73. The number of hydrogen-bond donors (Lipinski definition) is 2. The van der Waals surface area contributed by atoms with E-state index < -0.39 is 15.7 Å². The fourth-order valence-electron chi connectivity index (χ4n) is 4.90. The van der Waals surface area contributed by atoms with Crippen molar-refractivity contribution in [2.75, 3.05) is 0 Å². The topological polar surface area (TPSA) is 83.8 Å². The molecule has 0 aromatic heterocycles. The first-order valence-corrected chi connectivity index (χ1v) is 16.1. The normalized spacial score (nSPS) is 16.0. The maximum Gasteiger partial charge on any atom is 0.300 e. The molecule has 3 aromatic rings. The predicted molar refractivity (Wildman–Crippen MR) is 159 cm³/mol. The Balaban J connectivity index is 2.38. The van der Waals surface area contributed by atoms with E-state index in [2.05, 4.69) is 63.7 Å². The van der Waals surface area contributed by atoms with E-state index in [1.807, 2.05) is 27.7 Å². The Morgan fingerprint density at radius 1 is 0.730 bits per heavy atom. The van der Waals surface area contributed by atoms with Crippen molar-refractivity contribution in [2.45, 2.75) is 63.9 Å². The van der Waals surface area contributed by atoms with Crippen LogP contribution in [0.5, 0.6) is 11.5 Å². The van der Waals surface area contributed by atoms with Crippen LogP contribution in [0.25, 0.3) is 0 Å². The summed E-state index contributed by atoms with van der Waals surface area (Å²) in [6.07, 6.45) is 0. The van der Waals surface area contributed by atoms with Gasteiger partial charge in [-0.25, -0.2) is 4.18 Å². The van der Waals surface area contributed by atoms with Gasteiger partial charge in [-0.15, -0.1) is 0 Å². The second-order valence-electron chi connectivity index (χ2n) is 9.94. The zero-order chi connectivity index (χ0) is 27.8. The molecule has 0 unspecified atom stereocenters. The number of rotatable bonds is 4. The molecule has 2 N–H and O–H groups in total. The van der Waals surface area contributed by atoms with Crippen LogP contribution >= 0.6 is 63.7 Å². The van der Waals surface area contributed by atoms with Gasteiger partial charge in [0, 0.05) is 19.0 Å². The van der Waals surface area contributed by atoms with Crippen LogP contribution in [0.4, 0.5) is 0 Å². The van der Waals surface area contributed by atoms with Gasteiger partial charge in [-0.3, -0.25) is 0 Å². The number of fused-ring (bicyclic) bond motifs is 1. The highest BCUT2D eigenvalue weighted by atomic mass is 79.9. The minimum Gasteiger partial charge on any atom is -0.508 e. The highest BCUT2D eigenvalue weighted by molar-refractivity contribution is 9.15. The molecule has 1 aliphatic rings. The summed E-state index contributed by atoms with van der Waals surface area (Å²) in [5.74, 6) is 0.0878. The largest absolute Gasteiger partial charge is 0.508 e. The summed E-state index contributed by atoms with van der Waals surface area (Å²) in [7, 11) is -4.29. The lowest BCUT2D eigenvalue weighted by Gasteiger charge is -2.36. The maximum atomic E-state index is 13.9. The van der Waals surface area contributed by atoms with Crippen molar-refractivity contribution < 1.29 is 22.8 Å². The van der Waals surface area contributed by atoms with Gasteiger partial charge in [-0.2, -0.15) is 8.42 Å². The molecule has 0 saturated heterocycles. The van der Waals surface area contributed by atoms with Gasteiger partial charge in [0.15, 0.2) is 5.60 Å². The summed E-state index contributed by atoms with van der Waals surface area (Å²) in [6.45, 7) is 11.5. The van der Waals surface area contributed by atoms with Crippen LogP contribution in [-0.2, 0) is 19.9 Å². The SMILES string of the molecule is Cc1cc(C2(c3cc(C)c(O)cc3C(C)C)OS(=O)(=O)c3c(Br)c(Br)c(Br)c(Br)c32)c(C(C)C)cc1O. The number of aryl methyl sites for hydroxylation is 2. The molecule has 0 saturated carbocycles. The molecule has 3 aromatic carbocycles. The standard InChI is InChI=1S/C27H26Br4O5S/c1-11(2)15-9-19(32)13(5)7-17(15)27(18-8-14(6)20(33)10-16(18)12(3)4)21-22(28)23(29)24(30)25(31)26(21)37(34,35)36-27/h7-12,32-33H,1-6H3. The summed E-state index contributed by atoms with van der Waals surface area (Å²) >= 11 is 14.3. The molecule has 0 fully saturated rings. The van der Waals surface area contributed by atoms with Crippen LogP contribution in [0.15, 0.2) is 47.1 Å². The van der Waals surface area contributed by atoms with Crippen LogP contribution in [0, 0.1) is 13.8 Å². The molecule has 0 amide bonds. The molecule has 1 aliphatic heterocycles. The van der Waals surface area contributed by atoms with Crippen molar-refractivity contribution in [1.82, 2.24) is 0 Å². The summed E-state index contributed by atoms with van der Waals surface area (Å²) in [4.78, 5) is 0.00955. The first-order chi connectivity index (χ1) is 17.1. The van der Waals surface area contributed by atoms with Crippen LogP contribution in [0.2, 0.25) is 0 Å². The first kappa shape index (κ1) is 29.1. The molecule has 5 nitrogen and oxygen atoms in total. The van der Waals surface area contributed by atoms with Crippen LogP contribution in [0.3, 0.4) is 0 Å². The third-order valence-electron chi connectivity index (χ3n) is 6.80. The molecule has 0 bridgehead atoms. The van der Waals surface area contributed by atoms with Gasteiger partial charge in [0.2, 0.25) is 0 Å². The molecule has 0 atom stereocenters. The smallest absolute Gasteiger partial charge is 0.300 e. The average Bonchev–Trinajstić information content (AvgIpc) is 3.07. The van der Waals surface area contributed by atoms with Crippen molar-refractivity contribution in [3.63, 3.8) is 0 Å². The highest BCUT2D eigenvalue weighted by Crippen LogP contribution is 2.60. The number of halogens is 4. The van der Waals surface area contributed by atoms with Crippen LogP contribution in [-0.4, -0.2) is 18.6 Å². The Bertz CT molecular complexity index is 1500. The Morgan fingerprint density at radius 3 is 1.54 bits per heavy atom. The van der Waals surface area contributed by atoms with E-state index >= 15 is 0 Å². The van der Waals surface area contributed by atoms with Gasteiger partial charge in [-0.05, 0) is 147 Å². The minimum atomic E-state index is -4.29. The zero-order valence-electron chi connectivity index (χ0n) is 21.0. The third-order valence-corrected chi connectivity index (χ3v) is 13.2. The maximum absolute atomic E-state index is 13.9. The molecule has 198 valence electrons. The Kier molecular flexibility index (Phi) is 7.80. The number of phenols is 2. The van der Waals surface area contributed by atoms with E-state index in [1.165, 1.54) is 0 Å². The Labute approximate surface area is 251 Å². The second-order valence-corrected chi connectivity index (χ2v) is 14.6. The van der Waals surface area contributed by atoms with E-state index in [0.29, 0.717) is 45.7 Å². The van der Waals surface area contributed by atoms with Crippen molar-refractivity contribution >= 4 is 73.8 Å². The molecule has 0 spiro atoms. The van der Waals surface area contributed by atoms with Gasteiger partial charge in [0.25, 0.3) is 10.1 Å². The monoisotopic (exact) mass is 778 g/mol. The van der Waals surface area contributed by atoms with Crippen molar-refractivity contribution in [3.8, 4) is 11.5 Å². The number of phenolic OH excluding ortho intramolecular Hbond substituents is 2. The summed E-state index contributed by atoms with van der Waals surface area (Å²) in [6, 6.07) is 6.98. The fraction of sp³-hybridized carbons (Fsp3) is 0.333. The first-order valence-electron chi connectivity index (χ1n) is 11.6. The Hall–Kier alpha value is -0.910. The Morgan fingerprint density at radius 2 is 1.14 bits per heavy atom. The molecule has 0 aliphatic carbocycles. The van der Waals surface area contributed by atoms with Crippen molar-refractivity contribution in [3.05, 3.63) is 81.1 Å². The van der Waals surface area contributed by atoms with Crippen molar-refractivity contribution in [2.24, 2.45) is 0 Å². The van der Waals surface area contributed by atoms with Gasteiger partial charge in [0.05, 0.1) is 4.47 Å².